The predicted molar refractivity (Wildman–Crippen MR) is 139 cm³/mol. The Balaban J connectivity index is 1.79. The molecule has 3 aromatic rings. The molecule has 0 saturated heterocycles. The summed E-state index contributed by atoms with van der Waals surface area (Å²) in [6, 6.07) is 12.4. The Labute approximate surface area is 213 Å². The fourth-order valence-electron chi connectivity index (χ4n) is 3.53. The van der Waals surface area contributed by atoms with E-state index in [4.69, 9.17) is 28.2 Å². The molecule has 2 aromatic carbocycles. The molecule has 3 rings (SSSR count). The predicted octanol–water partition coefficient (Wildman–Crippen LogP) is 6.03. The topological polar surface area (TPSA) is 91.3 Å². The molecule has 1 unspecified atom stereocenters. The molecule has 0 saturated carbocycles. The van der Waals surface area contributed by atoms with Gasteiger partial charge in [0.05, 0.1) is 21.7 Å². The van der Waals surface area contributed by atoms with Crippen LogP contribution in [-0.2, 0) is 17.6 Å². The minimum absolute atomic E-state index is 0.203. The summed E-state index contributed by atoms with van der Waals surface area (Å²) in [6.45, 7) is 4.48. The second-order valence-electron chi connectivity index (χ2n) is 8.42. The third-order valence-electron chi connectivity index (χ3n) is 5.23. The van der Waals surface area contributed by atoms with Gasteiger partial charge in [-0.2, -0.15) is 0 Å². The van der Waals surface area contributed by atoms with Gasteiger partial charge in [0, 0.05) is 29.6 Å². The SMILES string of the molecule is CNC(=O)c1cccc(CC(CNc2nc(-c3ccc(Cl)c(Cl)c3)c(CC(C)C)s2)C(=O)O)c1. The van der Waals surface area contributed by atoms with Crippen LogP contribution in [0.4, 0.5) is 5.13 Å². The van der Waals surface area contributed by atoms with Crippen LogP contribution < -0.4 is 10.6 Å². The van der Waals surface area contributed by atoms with Crippen molar-refractivity contribution in [1.82, 2.24) is 10.3 Å². The number of aromatic nitrogens is 1. The summed E-state index contributed by atoms with van der Waals surface area (Å²) >= 11 is 13.8. The lowest BCUT2D eigenvalue weighted by Crippen LogP contribution is -2.25. The van der Waals surface area contributed by atoms with Crippen molar-refractivity contribution in [2.24, 2.45) is 11.8 Å². The third-order valence-corrected chi connectivity index (χ3v) is 7.01. The summed E-state index contributed by atoms with van der Waals surface area (Å²) in [5.41, 5.74) is 2.98. The van der Waals surface area contributed by atoms with E-state index in [1.165, 1.54) is 11.3 Å². The van der Waals surface area contributed by atoms with Crippen LogP contribution in [0.25, 0.3) is 11.3 Å². The molecule has 1 heterocycles. The average molecular weight is 520 g/mol. The number of carbonyl (C=O) groups is 2. The van der Waals surface area contributed by atoms with Crippen LogP contribution in [0, 0.1) is 11.8 Å². The van der Waals surface area contributed by atoms with Crippen LogP contribution in [-0.4, -0.2) is 35.6 Å². The molecular formula is C25H27Cl2N3O3S. The molecule has 0 aliphatic heterocycles. The van der Waals surface area contributed by atoms with Crippen molar-refractivity contribution in [3.05, 3.63) is 68.5 Å². The fourth-order valence-corrected chi connectivity index (χ4v) is 5.03. The Morgan fingerprint density at radius 2 is 1.85 bits per heavy atom. The number of carboxylic acids is 1. The first kappa shape index (κ1) is 26.0. The zero-order valence-electron chi connectivity index (χ0n) is 19.2. The number of amides is 1. The van der Waals surface area contributed by atoms with E-state index in [-0.39, 0.29) is 18.9 Å². The molecular weight excluding hydrogens is 493 g/mol. The highest BCUT2D eigenvalue weighted by Gasteiger charge is 2.21. The number of nitrogens with zero attached hydrogens (tertiary/aromatic N) is 1. The number of nitrogens with one attached hydrogen (secondary N) is 2. The normalized spacial score (nSPS) is 11.9. The van der Waals surface area contributed by atoms with Gasteiger partial charge in [-0.05, 0) is 48.6 Å². The van der Waals surface area contributed by atoms with E-state index in [2.05, 4.69) is 24.5 Å². The Bertz CT molecular complexity index is 1180. The summed E-state index contributed by atoms with van der Waals surface area (Å²) in [6.07, 6.45) is 1.13. The number of rotatable bonds is 10. The van der Waals surface area contributed by atoms with Crippen molar-refractivity contribution >= 4 is 51.5 Å². The van der Waals surface area contributed by atoms with Gasteiger partial charge in [0.25, 0.3) is 5.91 Å². The summed E-state index contributed by atoms with van der Waals surface area (Å²) in [4.78, 5) is 29.7. The van der Waals surface area contributed by atoms with Gasteiger partial charge in [-0.25, -0.2) is 4.98 Å². The summed E-state index contributed by atoms with van der Waals surface area (Å²) in [7, 11) is 1.56. The molecule has 1 amide bonds. The van der Waals surface area contributed by atoms with Gasteiger partial charge in [-0.15, -0.1) is 11.3 Å². The summed E-state index contributed by atoms with van der Waals surface area (Å²) < 4.78 is 0. The maximum Gasteiger partial charge on any atom is 0.308 e. The number of carboxylic acid groups (broad SMARTS) is 1. The van der Waals surface area contributed by atoms with Crippen molar-refractivity contribution in [3.8, 4) is 11.3 Å². The van der Waals surface area contributed by atoms with E-state index in [1.54, 1.807) is 37.4 Å². The van der Waals surface area contributed by atoms with Gasteiger partial charge in [0.15, 0.2) is 5.13 Å². The lowest BCUT2D eigenvalue weighted by Gasteiger charge is -2.13. The lowest BCUT2D eigenvalue weighted by atomic mass is 9.98. The molecule has 0 aliphatic carbocycles. The number of hydrogen-bond donors (Lipinski definition) is 3. The Kier molecular flexibility index (Phi) is 8.94. The number of halogens is 2. The van der Waals surface area contributed by atoms with Crippen molar-refractivity contribution in [3.63, 3.8) is 0 Å². The van der Waals surface area contributed by atoms with Crippen LogP contribution in [0.3, 0.4) is 0 Å². The van der Waals surface area contributed by atoms with E-state index in [0.717, 1.165) is 28.1 Å². The molecule has 6 nitrogen and oxygen atoms in total. The molecule has 3 N–H and O–H groups in total. The largest absolute Gasteiger partial charge is 0.481 e. The quantitative estimate of drug-likeness (QED) is 0.304. The maximum absolute atomic E-state index is 11.9. The first-order valence-corrected chi connectivity index (χ1v) is 12.5. The Morgan fingerprint density at radius 1 is 1.09 bits per heavy atom. The van der Waals surface area contributed by atoms with Crippen molar-refractivity contribution in [2.75, 3.05) is 18.9 Å². The molecule has 0 aliphatic rings. The van der Waals surface area contributed by atoms with E-state index >= 15 is 0 Å². The number of anilines is 1. The van der Waals surface area contributed by atoms with Crippen LogP contribution in [0.2, 0.25) is 10.0 Å². The molecule has 1 aromatic heterocycles. The van der Waals surface area contributed by atoms with E-state index in [1.807, 2.05) is 12.1 Å². The van der Waals surface area contributed by atoms with Gasteiger partial charge in [0.1, 0.15) is 0 Å². The molecule has 0 spiro atoms. The second-order valence-corrected chi connectivity index (χ2v) is 10.3. The molecule has 0 fully saturated rings. The van der Waals surface area contributed by atoms with Crippen LogP contribution >= 0.6 is 34.5 Å². The third kappa shape index (κ3) is 6.72. The monoisotopic (exact) mass is 519 g/mol. The smallest absolute Gasteiger partial charge is 0.308 e. The van der Waals surface area contributed by atoms with Crippen LogP contribution in [0.15, 0.2) is 42.5 Å². The van der Waals surface area contributed by atoms with E-state index in [0.29, 0.717) is 26.7 Å². The van der Waals surface area contributed by atoms with Gasteiger partial charge in [0.2, 0.25) is 0 Å². The van der Waals surface area contributed by atoms with E-state index in [9.17, 15) is 14.7 Å². The van der Waals surface area contributed by atoms with Crippen LogP contribution in [0.5, 0.6) is 0 Å². The zero-order valence-corrected chi connectivity index (χ0v) is 21.5. The van der Waals surface area contributed by atoms with Crippen molar-refractivity contribution in [2.45, 2.75) is 26.7 Å². The van der Waals surface area contributed by atoms with Gasteiger partial charge in [-0.1, -0.05) is 55.2 Å². The van der Waals surface area contributed by atoms with Crippen LogP contribution in [0.1, 0.15) is 34.6 Å². The number of aliphatic carboxylic acids is 1. The number of benzene rings is 2. The van der Waals surface area contributed by atoms with Gasteiger partial charge >= 0.3 is 5.97 Å². The van der Waals surface area contributed by atoms with Crippen molar-refractivity contribution < 1.29 is 14.7 Å². The summed E-state index contributed by atoms with van der Waals surface area (Å²) in [5, 5.41) is 17.2. The number of carbonyl (C=O) groups excluding carboxylic acids is 1. The Hall–Kier alpha value is -2.61. The number of thiazole rings is 1. The van der Waals surface area contributed by atoms with Gasteiger partial charge in [-0.3, -0.25) is 9.59 Å². The number of hydrogen-bond acceptors (Lipinski definition) is 5. The standard InChI is InChI=1S/C25H27Cl2N3O3S/c1-14(2)9-21-22(16-7-8-19(26)20(27)12-16)30-25(34-21)29-13-18(24(32)33)11-15-5-4-6-17(10-15)23(31)28-3/h4-8,10,12,14,18H,9,11,13H2,1-3H3,(H,28,31)(H,29,30)(H,32,33). The summed E-state index contributed by atoms with van der Waals surface area (Å²) in [5.74, 6) is -1.39. The molecule has 1 atom stereocenters. The maximum atomic E-state index is 11.9. The molecule has 0 bridgehead atoms. The highest BCUT2D eigenvalue weighted by molar-refractivity contribution is 7.16. The molecule has 34 heavy (non-hydrogen) atoms. The molecule has 9 heteroatoms. The molecule has 180 valence electrons. The van der Waals surface area contributed by atoms with Crippen molar-refractivity contribution in [1.29, 1.82) is 0 Å². The first-order chi connectivity index (χ1) is 16.2. The fraction of sp³-hybridized carbons (Fsp3) is 0.320. The first-order valence-electron chi connectivity index (χ1n) is 10.9. The van der Waals surface area contributed by atoms with Gasteiger partial charge < -0.3 is 15.7 Å². The Morgan fingerprint density at radius 3 is 2.50 bits per heavy atom. The highest BCUT2D eigenvalue weighted by Crippen LogP contribution is 2.35. The minimum Gasteiger partial charge on any atom is -0.481 e. The zero-order chi connectivity index (χ0) is 24.8. The second kappa shape index (κ2) is 11.7. The minimum atomic E-state index is -0.915. The lowest BCUT2D eigenvalue weighted by molar-refractivity contribution is -0.141. The van der Waals surface area contributed by atoms with E-state index < -0.39 is 11.9 Å². The highest BCUT2D eigenvalue weighted by atomic mass is 35.5. The molecule has 0 radical (unpaired) electrons. The average Bonchev–Trinajstić information content (AvgIpc) is 3.19.